The van der Waals surface area contributed by atoms with Crippen molar-refractivity contribution in [3.63, 3.8) is 0 Å². The first-order valence-electron chi connectivity index (χ1n) is 10.9. The van der Waals surface area contributed by atoms with Crippen LogP contribution in [0.1, 0.15) is 36.5 Å². The maximum Gasteiger partial charge on any atom is 0.191 e. The second-order valence-corrected chi connectivity index (χ2v) is 8.99. The molecule has 3 heterocycles. The number of thiophene rings is 1. The summed E-state index contributed by atoms with van der Waals surface area (Å²) < 4.78 is 1.99. The molecule has 0 radical (unpaired) electrons. The molecule has 1 atom stereocenters. The molecular formula is C23H32IN7S. The van der Waals surface area contributed by atoms with Gasteiger partial charge in [-0.1, -0.05) is 31.2 Å². The Bertz CT molecular complexity index is 950. The predicted octanol–water partition coefficient (Wildman–Crippen LogP) is 4.09. The Hall–Kier alpha value is -1.98. The normalized spacial score (nSPS) is 16.4. The minimum atomic E-state index is 0. The highest BCUT2D eigenvalue weighted by Gasteiger charge is 2.25. The fourth-order valence-corrected chi connectivity index (χ4v) is 4.85. The molecular weight excluding hydrogens is 533 g/mol. The van der Waals surface area contributed by atoms with Crippen LogP contribution in [0.25, 0.3) is 5.69 Å². The summed E-state index contributed by atoms with van der Waals surface area (Å²) in [5.41, 5.74) is 1.05. The van der Waals surface area contributed by atoms with Gasteiger partial charge in [-0.2, -0.15) is 0 Å². The van der Waals surface area contributed by atoms with Crippen molar-refractivity contribution in [1.82, 2.24) is 30.3 Å². The van der Waals surface area contributed by atoms with Gasteiger partial charge in [-0.05, 0) is 55.4 Å². The summed E-state index contributed by atoms with van der Waals surface area (Å²) in [6.45, 7) is 6.02. The Morgan fingerprint density at radius 3 is 2.62 bits per heavy atom. The molecule has 9 heteroatoms. The Morgan fingerprint density at radius 1 is 1.16 bits per heavy atom. The number of piperidine rings is 1. The molecule has 7 nitrogen and oxygen atoms in total. The second-order valence-electron chi connectivity index (χ2n) is 8.01. The molecule has 0 amide bonds. The largest absolute Gasteiger partial charge is 0.354 e. The van der Waals surface area contributed by atoms with E-state index in [9.17, 15) is 0 Å². The van der Waals surface area contributed by atoms with Gasteiger partial charge in [-0.25, -0.2) is 0 Å². The first-order chi connectivity index (χ1) is 15.2. The van der Waals surface area contributed by atoms with E-state index in [1.54, 1.807) is 13.4 Å². The van der Waals surface area contributed by atoms with Crippen LogP contribution in [0.5, 0.6) is 0 Å². The van der Waals surface area contributed by atoms with E-state index in [-0.39, 0.29) is 24.0 Å². The van der Waals surface area contributed by atoms with Crippen LogP contribution < -0.4 is 10.6 Å². The zero-order valence-electron chi connectivity index (χ0n) is 18.6. The average Bonchev–Trinajstić information content (AvgIpc) is 3.50. The smallest absolute Gasteiger partial charge is 0.191 e. The number of aliphatic imine (C=N–C) groups is 1. The summed E-state index contributed by atoms with van der Waals surface area (Å²) in [5, 5.41) is 17.5. The number of aromatic nitrogens is 3. The van der Waals surface area contributed by atoms with Crippen molar-refractivity contribution in [3.05, 3.63) is 64.9 Å². The average molecular weight is 566 g/mol. The molecule has 32 heavy (non-hydrogen) atoms. The zero-order valence-corrected chi connectivity index (χ0v) is 21.8. The van der Waals surface area contributed by atoms with Crippen molar-refractivity contribution in [2.45, 2.75) is 32.4 Å². The third-order valence-corrected chi connectivity index (χ3v) is 6.86. The van der Waals surface area contributed by atoms with Crippen LogP contribution in [-0.4, -0.2) is 52.3 Å². The van der Waals surface area contributed by atoms with Crippen LogP contribution in [0.4, 0.5) is 0 Å². The lowest BCUT2D eigenvalue weighted by molar-refractivity contribution is 0.140. The summed E-state index contributed by atoms with van der Waals surface area (Å²) >= 11 is 1.83. The fourth-order valence-electron chi connectivity index (χ4n) is 3.99. The Kier molecular flexibility index (Phi) is 9.49. The number of guanidine groups is 1. The van der Waals surface area contributed by atoms with Crippen LogP contribution in [0.15, 0.2) is 59.2 Å². The summed E-state index contributed by atoms with van der Waals surface area (Å²) in [5.74, 6) is 2.44. The van der Waals surface area contributed by atoms with Gasteiger partial charge in [0, 0.05) is 24.2 Å². The second kappa shape index (κ2) is 12.3. The van der Waals surface area contributed by atoms with Gasteiger partial charge in [-0.3, -0.25) is 14.5 Å². The quantitative estimate of drug-likeness (QED) is 0.257. The molecule has 1 aliphatic heterocycles. The molecule has 0 bridgehead atoms. The Labute approximate surface area is 211 Å². The Balaban J connectivity index is 0.00000289. The number of halogens is 1. The molecule has 1 aliphatic rings. The highest BCUT2D eigenvalue weighted by Crippen LogP contribution is 2.29. The van der Waals surface area contributed by atoms with E-state index in [0.717, 1.165) is 43.0 Å². The summed E-state index contributed by atoms with van der Waals surface area (Å²) in [7, 11) is 1.81. The first kappa shape index (κ1) is 24.7. The van der Waals surface area contributed by atoms with Crippen LogP contribution in [0, 0.1) is 5.92 Å². The molecule has 1 unspecified atom stereocenters. The number of nitrogens with one attached hydrogen (secondary N) is 2. The lowest BCUT2D eigenvalue weighted by Crippen LogP contribution is -2.44. The van der Waals surface area contributed by atoms with Crippen molar-refractivity contribution in [2.75, 3.05) is 26.7 Å². The molecule has 2 N–H and O–H groups in total. The van der Waals surface area contributed by atoms with Crippen LogP contribution in [-0.2, 0) is 6.54 Å². The molecule has 3 aromatic rings. The number of benzene rings is 1. The third kappa shape index (κ3) is 6.29. The van der Waals surface area contributed by atoms with Gasteiger partial charge in [0.2, 0.25) is 0 Å². The van der Waals surface area contributed by atoms with E-state index in [4.69, 9.17) is 0 Å². The molecule has 0 aliphatic carbocycles. The lowest BCUT2D eigenvalue weighted by atomic mass is 9.97. The van der Waals surface area contributed by atoms with Crippen molar-refractivity contribution in [3.8, 4) is 5.69 Å². The van der Waals surface area contributed by atoms with Gasteiger partial charge in [0.05, 0.1) is 12.6 Å². The highest BCUT2D eigenvalue weighted by molar-refractivity contribution is 14.0. The minimum Gasteiger partial charge on any atom is -0.354 e. The molecule has 0 spiro atoms. The molecule has 1 fully saturated rings. The van der Waals surface area contributed by atoms with Crippen molar-refractivity contribution >= 4 is 41.3 Å². The number of para-hydroxylation sites is 1. The van der Waals surface area contributed by atoms with Gasteiger partial charge in [0.25, 0.3) is 0 Å². The summed E-state index contributed by atoms with van der Waals surface area (Å²) in [4.78, 5) is 8.44. The van der Waals surface area contributed by atoms with E-state index in [2.05, 4.69) is 55.2 Å². The summed E-state index contributed by atoms with van der Waals surface area (Å²) in [6.07, 6.45) is 4.28. The van der Waals surface area contributed by atoms with Crippen LogP contribution >= 0.6 is 35.3 Å². The number of hydrogen-bond donors (Lipinski definition) is 2. The highest BCUT2D eigenvalue weighted by atomic mass is 127. The van der Waals surface area contributed by atoms with Crippen LogP contribution in [0.3, 0.4) is 0 Å². The standard InChI is InChI=1S/C23H31N7S.HI/c1-18-10-12-29(13-11-18)20(21-9-6-14-31-21)15-25-23(24-2)26-16-22-28-27-17-30(22)19-7-4-3-5-8-19;/h3-9,14,17-18,20H,10-13,15-16H2,1-2H3,(H2,24,25,26);1H. The first-order valence-corrected chi connectivity index (χ1v) is 11.8. The molecule has 172 valence electrons. The van der Waals surface area contributed by atoms with Gasteiger partial charge in [0.1, 0.15) is 6.33 Å². The number of hydrogen-bond acceptors (Lipinski definition) is 5. The molecule has 1 saturated heterocycles. The van der Waals surface area contributed by atoms with Gasteiger partial charge < -0.3 is 10.6 Å². The van der Waals surface area contributed by atoms with E-state index in [1.807, 2.05) is 46.2 Å². The van der Waals surface area contributed by atoms with Gasteiger partial charge >= 0.3 is 0 Å². The predicted molar refractivity (Wildman–Crippen MR) is 142 cm³/mol. The number of rotatable bonds is 7. The topological polar surface area (TPSA) is 70.4 Å². The van der Waals surface area contributed by atoms with Crippen LogP contribution in [0.2, 0.25) is 0 Å². The molecule has 0 saturated carbocycles. The van der Waals surface area contributed by atoms with E-state index in [1.165, 1.54) is 17.7 Å². The molecule has 4 rings (SSSR count). The molecule has 1 aromatic carbocycles. The Morgan fingerprint density at radius 2 is 1.94 bits per heavy atom. The maximum absolute atomic E-state index is 4.42. The van der Waals surface area contributed by atoms with Crippen molar-refractivity contribution in [1.29, 1.82) is 0 Å². The third-order valence-electron chi connectivity index (χ3n) is 5.88. The van der Waals surface area contributed by atoms with E-state index in [0.29, 0.717) is 12.6 Å². The monoisotopic (exact) mass is 565 g/mol. The fraction of sp³-hybridized carbons (Fsp3) is 0.435. The van der Waals surface area contributed by atoms with E-state index < -0.39 is 0 Å². The minimum absolute atomic E-state index is 0. The van der Waals surface area contributed by atoms with Crippen molar-refractivity contribution < 1.29 is 0 Å². The molecule has 2 aromatic heterocycles. The van der Waals surface area contributed by atoms with E-state index >= 15 is 0 Å². The maximum atomic E-state index is 4.42. The van der Waals surface area contributed by atoms with Gasteiger partial charge in [0.15, 0.2) is 11.8 Å². The lowest BCUT2D eigenvalue weighted by Gasteiger charge is -2.36. The van der Waals surface area contributed by atoms with Crippen molar-refractivity contribution in [2.24, 2.45) is 10.9 Å². The SMILES string of the molecule is CN=C(NCc1nncn1-c1ccccc1)NCC(c1cccs1)N1CCC(C)CC1.I. The summed E-state index contributed by atoms with van der Waals surface area (Å²) in [6, 6.07) is 14.9. The number of likely N-dealkylation sites (tertiary alicyclic amines) is 1. The number of nitrogens with zero attached hydrogens (tertiary/aromatic N) is 5. The zero-order chi connectivity index (χ0) is 21.5. The van der Waals surface area contributed by atoms with Gasteiger partial charge in [-0.15, -0.1) is 45.5 Å².